The Balaban J connectivity index is 2.74. The van der Waals surface area contributed by atoms with Crippen molar-refractivity contribution in [1.29, 1.82) is 0 Å². The number of piperazine rings is 1. The zero-order valence-electron chi connectivity index (χ0n) is 11.9. The summed E-state index contributed by atoms with van der Waals surface area (Å²) in [7, 11) is 0. The molecular weight excluding hydrogens is 244 g/mol. The fraction of sp³-hybridized carbons (Fsp3) is 0.615. The van der Waals surface area contributed by atoms with Crippen LogP contribution < -0.4 is 11.5 Å². The summed E-state index contributed by atoms with van der Waals surface area (Å²) in [5.41, 5.74) is 11.3. The Bertz CT molecular complexity index is 393. The topological polar surface area (TPSA) is 95.8 Å². The first-order valence-electron chi connectivity index (χ1n) is 6.38. The van der Waals surface area contributed by atoms with Crippen LogP contribution >= 0.6 is 0 Å². The summed E-state index contributed by atoms with van der Waals surface area (Å²) < 4.78 is 0. The average Bonchev–Trinajstić information content (AvgIpc) is 2.38. The van der Waals surface area contributed by atoms with Gasteiger partial charge in [0.1, 0.15) is 0 Å². The summed E-state index contributed by atoms with van der Waals surface area (Å²) >= 11 is 0. The van der Waals surface area contributed by atoms with Gasteiger partial charge in [-0.2, -0.15) is 0 Å². The highest BCUT2D eigenvalue weighted by atomic mass is 16.3. The van der Waals surface area contributed by atoms with Crippen LogP contribution in [0.4, 0.5) is 0 Å². The van der Waals surface area contributed by atoms with Crippen molar-refractivity contribution in [3.63, 3.8) is 0 Å². The summed E-state index contributed by atoms with van der Waals surface area (Å²) in [4.78, 5) is 14.9. The molecule has 0 spiro atoms. The number of amides is 1. The lowest BCUT2D eigenvalue weighted by atomic mass is 10.1. The Morgan fingerprint density at radius 1 is 1.26 bits per heavy atom. The van der Waals surface area contributed by atoms with Crippen LogP contribution in [0.1, 0.15) is 20.8 Å². The molecule has 5 N–H and O–H groups in total. The Hall–Kier alpha value is -1.53. The molecule has 1 unspecified atom stereocenters. The average molecular weight is 268 g/mol. The molecule has 1 fully saturated rings. The second-order valence-corrected chi connectivity index (χ2v) is 5.02. The van der Waals surface area contributed by atoms with Crippen molar-refractivity contribution in [3.05, 3.63) is 23.5 Å². The monoisotopic (exact) mass is 268 g/mol. The third-order valence-electron chi connectivity index (χ3n) is 3.53. The molecule has 19 heavy (non-hydrogen) atoms. The summed E-state index contributed by atoms with van der Waals surface area (Å²) in [5.74, 6) is 0.0599. The number of allylic oxidation sites excluding steroid dienone is 2. The molecule has 1 amide bonds. The van der Waals surface area contributed by atoms with Crippen LogP contribution in [-0.2, 0) is 4.79 Å². The maximum atomic E-state index is 11.3. The van der Waals surface area contributed by atoms with Crippen LogP contribution in [0.5, 0.6) is 0 Å². The molecular formula is C13H24N4O2. The second-order valence-electron chi connectivity index (χ2n) is 5.02. The van der Waals surface area contributed by atoms with Gasteiger partial charge in [-0.05, 0) is 31.7 Å². The second kappa shape index (κ2) is 6.08. The largest absolute Gasteiger partial charge is 0.404 e. The molecule has 0 bridgehead atoms. The van der Waals surface area contributed by atoms with Gasteiger partial charge in [-0.15, -0.1) is 0 Å². The van der Waals surface area contributed by atoms with Crippen LogP contribution in [-0.4, -0.2) is 52.7 Å². The van der Waals surface area contributed by atoms with E-state index in [0.29, 0.717) is 31.9 Å². The van der Waals surface area contributed by atoms with E-state index in [4.69, 9.17) is 11.5 Å². The number of hydrogen-bond acceptors (Lipinski definition) is 5. The lowest BCUT2D eigenvalue weighted by Crippen LogP contribution is -2.58. The molecule has 0 aromatic heterocycles. The van der Waals surface area contributed by atoms with Gasteiger partial charge in [0.25, 0.3) is 0 Å². The van der Waals surface area contributed by atoms with Crippen molar-refractivity contribution in [1.82, 2.24) is 9.80 Å². The highest BCUT2D eigenvalue weighted by Gasteiger charge is 2.34. The number of hydrogen-bond donors (Lipinski definition) is 3. The van der Waals surface area contributed by atoms with E-state index in [-0.39, 0.29) is 5.91 Å². The fourth-order valence-corrected chi connectivity index (χ4v) is 2.07. The number of nitrogens with two attached hydrogens (primary N) is 2. The van der Waals surface area contributed by atoms with E-state index in [1.807, 2.05) is 11.8 Å². The molecule has 0 aromatic rings. The molecule has 0 radical (unpaired) electrons. The molecule has 6 heteroatoms. The summed E-state index contributed by atoms with van der Waals surface area (Å²) in [6.45, 7) is 7.41. The zero-order valence-corrected chi connectivity index (χ0v) is 11.9. The van der Waals surface area contributed by atoms with Gasteiger partial charge in [0, 0.05) is 33.1 Å². The maximum absolute atomic E-state index is 11.3. The quantitative estimate of drug-likeness (QED) is 0.603. The van der Waals surface area contributed by atoms with Crippen LogP contribution in [0.25, 0.3) is 0 Å². The first-order chi connectivity index (χ1) is 8.78. The standard InChI is InChI=1S/C13H24N4O2/c1-10(9-14)8-12(15)13(3,19)17-6-4-16(5-7-17)11(2)18/h8-9,19H,4-7,14-15H2,1-3H3/b10-9-,12-8-. The smallest absolute Gasteiger partial charge is 0.219 e. The first kappa shape index (κ1) is 15.5. The van der Waals surface area contributed by atoms with Gasteiger partial charge in [-0.1, -0.05) is 0 Å². The van der Waals surface area contributed by atoms with E-state index in [0.717, 1.165) is 5.57 Å². The normalized spacial score (nSPS) is 22.2. The number of carbonyl (C=O) groups excluding carboxylic acids is 1. The van der Waals surface area contributed by atoms with E-state index >= 15 is 0 Å². The lowest BCUT2D eigenvalue weighted by molar-refractivity contribution is -0.135. The molecule has 1 saturated heterocycles. The van der Waals surface area contributed by atoms with E-state index in [1.165, 1.54) is 6.20 Å². The molecule has 0 aliphatic carbocycles. The fourth-order valence-electron chi connectivity index (χ4n) is 2.07. The Labute approximate surface area is 114 Å². The minimum atomic E-state index is -1.23. The van der Waals surface area contributed by atoms with E-state index < -0.39 is 5.72 Å². The van der Waals surface area contributed by atoms with Crippen molar-refractivity contribution in [2.45, 2.75) is 26.5 Å². The van der Waals surface area contributed by atoms with Crippen molar-refractivity contribution in [2.24, 2.45) is 11.5 Å². The Morgan fingerprint density at radius 3 is 2.21 bits per heavy atom. The van der Waals surface area contributed by atoms with E-state index in [1.54, 1.807) is 24.8 Å². The van der Waals surface area contributed by atoms with E-state index in [9.17, 15) is 9.90 Å². The minimum Gasteiger partial charge on any atom is -0.404 e. The van der Waals surface area contributed by atoms with E-state index in [2.05, 4.69) is 0 Å². The van der Waals surface area contributed by atoms with Crippen LogP contribution in [0, 0.1) is 0 Å². The molecule has 1 aliphatic rings. The third-order valence-corrected chi connectivity index (χ3v) is 3.53. The number of carbonyl (C=O) groups is 1. The maximum Gasteiger partial charge on any atom is 0.219 e. The molecule has 108 valence electrons. The van der Waals surface area contributed by atoms with Gasteiger partial charge in [0.05, 0.1) is 5.70 Å². The molecule has 1 atom stereocenters. The molecule has 0 saturated carbocycles. The highest BCUT2D eigenvalue weighted by Crippen LogP contribution is 2.21. The third kappa shape index (κ3) is 3.71. The van der Waals surface area contributed by atoms with Crippen LogP contribution in [0.15, 0.2) is 23.5 Å². The molecule has 0 aromatic carbocycles. The number of aliphatic hydroxyl groups is 1. The predicted octanol–water partition coefficient (Wildman–Crippen LogP) is -0.436. The van der Waals surface area contributed by atoms with Crippen molar-refractivity contribution < 1.29 is 9.90 Å². The minimum absolute atomic E-state index is 0.0599. The molecule has 1 rings (SSSR count). The van der Waals surface area contributed by atoms with Gasteiger partial charge in [-0.25, -0.2) is 0 Å². The lowest BCUT2D eigenvalue weighted by Gasteiger charge is -2.42. The molecule has 1 heterocycles. The predicted molar refractivity (Wildman–Crippen MR) is 74.7 cm³/mol. The van der Waals surface area contributed by atoms with Gasteiger partial charge in [-0.3, -0.25) is 9.69 Å². The number of rotatable bonds is 3. The van der Waals surface area contributed by atoms with Gasteiger partial charge in [0.2, 0.25) is 5.91 Å². The van der Waals surface area contributed by atoms with Gasteiger partial charge >= 0.3 is 0 Å². The van der Waals surface area contributed by atoms with Crippen molar-refractivity contribution >= 4 is 5.91 Å². The Morgan fingerprint density at radius 2 is 1.79 bits per heavy atom. The van der Waals surface area contributed by atoms with Crippen molar-refractivity contribution in [2.75, 3.05) is 26.2 Å². The molecule has 6 nitrogen and oxygen atoms in total. The first-order valence-corrected chi connectivity index (χ1v) is 6.38. The number of nitrogens with zero attached hydrogens (tertiary/aromatic N) is 2. The Kier molecular flexibility index (Phi) is 4.97. The SMILES string of the molecule is CC(=O)N1CCN(C(C)(O)/C(N)=C/C(C)=C\N)CC1. The van der Waals surface area contributed by atoms with Crippen molar-refractivity contribution in [3.8, 4) is 0 Å². The highest BCUT2D eigenvalue weighted by molar-refractivity contribution is 5.73. The van der Waals surface area contributed by atoms with Crippen LogP contribution in [0.3, 0.4) is 0 Å². The summed E-state index contributed by atoms with van der Waals surface area (Å²) in [6.07, 6.45) is 3.11. The zero-order chi connectivity index (χ0) is 14.6. The van der Waals surface area contributed by atoms with Crippen LogP contribution in [0.2, 0.25) is 0 Å². The molecule has 1 aliphatic heterocycles. The summed E-state index contributed by atoms with van der Waals surface area (Å²) in [6, 6.07) is 0. The van der Waals surface area contributed by atoms with Gasteiger partial charge < -0.3 is 21.5 Å². The van der Waals surface area contributed by atoms with Gasteiger partial charge in [0.15, 0.2) is 5.72 Å². The summed E-state index contributed by atoms with van der Waals surface area (Å²) in [5, 5.41) is 10.5.